The lowest BCUT2D eigenvalue weighted by Gasteiger charge is -2.15. The first-order valence-corrected chi connectivity index (χ1v) is 7.32. The zero-order valence-electron chi connectivity index (χ0n) is 12.6. The number of benzene rings is 3. The number of carboxylic acids is 1. The molecule has 3 rings (SSSR count). The van der Waals surface area contributed by atoms with E-state index in [1.165, 1.54) is 12.1 Å². The number of nitrogens with one attached hydrogen (secondary N) is 1. The summed E-state index contributed by atoms with van der Waals surface area (Å²) in [6.45, 7) is 0. The summed E-state index contributed by atoms with van der Waals surface area (Å²) in [6, 6.07) is 16.5. The molecule has 0 heterocycles. The number of fused-ring (bicyclic) bond motifs is 1. The maximum Gasteiger partial charge on any atom is 0.330 e. The first kappa shape index (κ1) is 15.7. The number of hydrogen-bond acceptors (Lipinski definition) is 2. The van der Waals surface area contributed by atoms with E-state index in [-0.39, 0.29) is 0 Å². The minimum atomic E-state index is -1.25. The highest BCUT2D eigenvalue weighted by Gasteiger charge is 2.22. The third-order valence-electron chi connectivity index (χ3n) is 3.74. The lowest BCUT2D eigenvalue weighted by molar-refractivity contribution is -0.139. The molecule has 2 N–H and O–H groups in total. The molecule has 5 heteroatoms. The van der Waals surface area contributed by atoms with Crippen LogP contribution in [0.4, 0.5) is 4.39 Å². The third kappa shape index (κ3) is 3.25. The van der Waals surface area contributed by atoms with Gasteiger partial charge in [0.15, 0.2) is 6.04 Å². The molecule has 0 aromatic heterocycles. The van der Waals surface area contributed by atoms with E-state index in [2.05, 4.69) is 5.32 Å². The van der Waals surface area contributed by atoms with Gasteiger partial charge in [0.05, 0.1) is 0 Å². The molecule has 4 nitrogen and oxygen atoms in total. The highest BCUT2D eigenvalue weighted by atomic mass is 19.1. The molecule has 3 aromatic rings. The van der Waals surface area contributed by atoms with Gasteiger partial charge in [-0.25, -0.2) is 9.18 Å². The zero-order valence-corrected chi connectivity index (χ0v) is 12.6. The molecule has 0 saturated heterocycles. The SMILES string of the molecule is O=C(N[C@H](C(=O)O)c1ccc(F)cc1)c1ccc2ccccc2c1. The standard InChI is InChI=1S/C19H14FNO3/c20-16-9-7-13(8-10-16)17(19(23)24)21-18(22)15-6-5-12-3-1-2-4-14(12)11-15/h1-11,17H,(H,21,22)(H,23,24)/t17-/m0/s1. The molecule has 0 spiro atoms. The Bertz CT molecular complexity index is 906. The van der Waals surface area contributed by atoms with E-state index in [0.29, 0.717) is 11.1 Å². The van der Waals surface area contributed by atoms with E-state index in [1.807, 2.05) is 24.3 Å². The normalized spacial score (nSPS) is 11.9. The molecule has 1 amide bonds. The van der Waals surface area contributed by atoms with E-state index < -0.39 is 23.7 Å². The number of amides is 1. The monoisotopic (exact) mass is 323 g/mol. The number of aliphatic carboxylic acids is 1. The fourth-order valence-electron chi connectivity index (χ4n) is 2.49. The molecule has 0 aliphatic heterocycles. The summed E-state index contributed by atoms with van der Waals surface area (Å²) in [5, 5.41) is 13.7. The van der Waals surface area contributed by atoms with Crippen LogP contribution < -0.4 is 5.32 Å². The summed E-state index contributed by atoms with van der Waals surface area (Å²) >= 11 is 0. The second kappa shape index (κ2) is 6.50. The van der Waals surface area contributed by atoms with Crippen LogP contribution in [0.3, 0.4) is 0 Å². The fourth-order valence-corrected chi connectivity index (χ4v) is 2.49. The van der Waals surface area contributed by atoms with E-state index >= 15 is 0 Å². The Balaban J connectivity index is 1.87. The molecule has 0 unspecified atom stereocenters. The van der Waals surface area contributed by atoms with Crippen molar-refractivity contribution >= 4 is 22.6 Å². The van der Waals surface area contributed by atoms with Crippen molar-refractivity contribution < 1.29 is 19.1 Å². The highest BCUT2D eigenvalue weighted by Crippen LogP contribution is 2.18. The van der Waals surface area contributed by atoms with E-state index in [4.69, 9.17) is 0 Å². The van der Waals surface area contributed by atoms with Crippen LogP contribution in [0, 0.1) is 5.82 Å². The maximum absolute atomic E-state index is 13.0. The number of carboxylic acid groups (broad SMARTS) is 1. The van der Waals surface area contributed by atoms with Crippen LogP contribution in [-0.4, -0.2) is 17.0 Å². The quantitative estimate of drug-likeness (QED) is 0.772. The van der Waals surface area contributed by atoms with Gasteiger partial charge in [0, 0.05) is 5.56 Å². The molecule has 0 bridgehead atoms. The summed E-state index contributed by atoms with van der Waals surface area (Å²) in [4.78, 5) is 23.9. The van der Waals surface area contributed by atoms with Crippen LogP contribution >= 0.6 is 0 Å². The molecule has 24 heavy (non-hydrogen) atoms. The van der Waals surface area contributed by atoms with Gasteiger partial charge in [0.1, 0.15) is 5.82 Å². The van der Waals surface area contributed by atoms with E-state index in [0.717, 1.165) is 22.9 Å². The second-order valence-corrected chi connectivity index (χ2v) is 5.36. The van der Waals surface area contributed by atoms with Gasteiger partial charge in [0.2, 0.25) is 0 Å². The number of carbonyl (C=O) groups excluding carboxylic acids is 1. The summed E-state index contributed by atoms with van der Waals surface area (Å²) < 4.78 is 13.0. The summed E-state index contributed by atoms with van der Waals surface area (Å²) in [7, 11) is 0. The van der Waals surface area contributed by atoms with Gasteiger partial charge < -0.3 is 10.4 Å². The van der Waals surface area contributed by atoms with Crippen LogP contribution in [0.1, 0.15) is 22.0 Å². The van der Waals surface area contributed by atoms with Gasteiger partial charge in [-0.3, -0.25) is 4.79 Å². The number of rotatable bonds is 4. The van der Waals surface area contributed by atoms with Gasteiger partial charge in [-0.2, -0.15) is 0 Å². The number of hydrogen-bond donors (Lipinski definition) is 2. The molecular formula is C19H14FNO3. The Labute approximate surface area is 137 Å². The van der Waals surface area contributed by atoms with Crippen LogP contribution in [0.2, 0.25) is 0 Å². The van der Waals surface area contributed by atoms with Crippen molar-refractivity contribution in [1.82, 2.24) is 5.32 Å². The fraction of sp³-hybridized carbons (Fsp3) is 0.0526. The van der Waals surface area contributed by atoms with Gasteiger partial charge in [-0.15, -0.1) is 0 Å². The zero-order chi connectivity index (χ0) is 17.1. The summed E-state index contributed by atoms with van der Waals surface area (Å²) in [5.41, 5.74) is 0.667. The smallest absolute Gasteiger partial charge is 0.330 e. The average molecular weight is 323 g/mol. The van der Waals surface area contributed by atoms with Gasteiger partial charge in [-0.05, 0) is 40.6 Å². The largest absolute Gasteiger partial charge is 0.479 e. The summed E-state index contributed by atoms with van der Waals surface area (Å²) in [5.74, 6) is -2.18. The van der Waals surface area contributed by atoms with Crippen molar-refractivity contribution in [2.45, 2.75) is 6.04 Å². The van der Waals surface area contributed by atoms with Crippen LogP contribution in [0.5, 0.6) is 0 Å². The van der Waals surface area contributed by atoms with Crippen LogP contribution in [-0.2, 0) is 4.79 Å². The van der Waals surface area contributed by atoms with Crippen LogP contribution in [0.25, 0.3) is 10.8 Å². The van der Waals surface area contributed by atoms with Gasteiger partial charge >= 0.3 is 5.97 Å². The van der Waals surface area contributed by atoms with E-state index in [1.54, 1.807) is 18.2 Å². The lowest BCUT2D eigenvalue weighted by atomic mass is 10.0. The predicted molar refractivity (Wildman–Crippen MR) is 88.2 cm³/mol. The summed E-state index contributed by atoms with van der Waals surface area (Å²) in [6.07, 6.45) is 0. The highest BCUT2D eigenvalue weighted by molar-refractivity contribution is 6.00. The van der Waals surface area contributed by atoms with Crippen LogP contribution in [0.15, 0.2) is 66.7 Å². The molecule has 120 valence electrons. The Hall–Kier alpha value is -3.21. The minimum Gasteiger partial charge on any atom is -0.479 e. The topological polar surface area (TPSA) is 66.4 Å². The van der Waals surface area contributed by atoms with Crippen molar-refractivity contribution in [1.29, 1.82) is 0 Å². The molecule has 1 atom stereocenters. The first-order valence-electron chi connectivity index (χ1n) is 7.32. The van der Waals surface area contributed by atoms with Gasteiger partial charge in [-0.1, -0.05) is 42.5 Å². The van der Waals surface area contributed by atoms with Crippen molar-refractivity contribution in [3.8, 4) is 0 Å². The van der Waals surface area contributed by atoms with Crippen molar-refractivity contribution in [3.63, 3.8) is 0 Å². The molecule has 0 radical (unpaired) electrons. The Morgan fingerprint density at radius 1 is 0.917 bits per heavy atom. The first-order chi connectivity index (χ1) is 11.5. The average Bonchev–Trinajstić information content (AvgIpc) is 2.59. The molecular weight excluding hydrogens is 309 g/mol. The molecule has 0 fully saturated rings. The number of carbonyl (C=O) groups is 2. The van der Waals surface area contributed by atoms with E-state index in [9.17, 15) is 19.1 Å². The predicted octanol–water partition coefficient (Wildman–Crippen LogP) is 3.53. The van der Waals surface area contributed by atoms with Gasteiger partial charge in [0.25, 0.3) is 5.91 Å². The van der Waals surface area contributed by atoms with Crippen molar-refractivity contribution in [2.24, 2.45) is 0 Å². The Morgan fingerprint density at radius 2 is 1.58 bits per heavy atom. The third-order valence-corrected chi connectivity index (χ3v) is 3.74. The number of halogens is 1. The Morgan fingerprint density at radius 3 is 2.25 bits per heavy atom. The van der Waals surface area contributed by atoms with Crippen molar-refractivity contribution in [3.05, 3.63) is 83.7 Å². The maximum atomic E-state index is 13.0. The second-order valence-electron chi connectivity index (χ2n) is 5.36. The molecule has 0 aliphatic rings. The molecule has 0 aliphatic carbocycles. The lowest BCUT2D eigenvalue weighted by Crippen LogP contribution is -2.33. The minimum absolute atomic E-state index is 0.304. The molecule has 3 aromatic carbocycles. The molecule has 0 saturated carbocycles. The Kier molecular flexibility index (Phi) is 4.24. The van der Waals surface area contributed by atoms with Crippen molar-refractivity contribution in [2.75, 3.05) is 0 Å².